The molecular formula is C11H8FNO4. The normalized spacial score (nSPS) is 10.2. The van der Waals surface area contributed by atoms with Crippen molar-refractivity contribution in [2.45, 2.75) is 0 Å². The number of halogens is 1. The highest BCUT2D eigenvalue weighted by Crippen LogP contribution is 2.28. The highest BCUT2D eigenvalue weighted by Gasteiger charge is 2.20. The van der Waals surface area contributed by atoms with Crippen molar-refractivity contribution in [2.24, 2.45) is 0 Å². The molecule has 1 aromatic heterocycles. The summed E-state index contributed by atoms with van der Waals surface area (Å²) < 4.78 is 23.4. The Bertz CT molecular complexity index is 564. The van der Waals surface area contributed by atoms with Gasteiger partial charge in [0, 0.05) is 6.07 Å². The number of carbonyl (C=O) groups is 1. The zero-order valence-electron chi connectivity index (χ0n) is 8.81. The van der Waals surface area contributed by atoms with Crippen LogP contribution in [0.3, 0.4) is 0 Å². The van der Waals surface area contributed by atoms with Gasteiger partial charge in [0.2, 0.25) is 0 Å². The molecule has 17 heavy (non-hydrogen) atoms. The second-order valence-electron chi connectivity index (χ2n) is 3.18. The summed E-state index contributed by atoms with van der Waals surface area (Å²) in [6, 6.07) is 4.02. The molecule has 88 valence electrons. The zero-order chi connectivity index (χ0) is 12.4. The minimum Gasteiger partial charge on any atom is -0.497 e. The van der Waals surface area contributed by atoms with Crippen LogP contribution in [-0.2, 0) is 0 Å². The Kier molecular flexibility index (Phi) is 2.78. The topological polar surface area (TPSA) is 72.6 Å². The van der Waals surface area contributed by atoms with Crippen molar-refractivity contribution in [1.29, 1.82) is 0 Å². The summed E-state index contributed by atoms with van der Waals surface area (Å²) in [5, 5.41) is 8.84. The van der Waals surface area contributed by atoms with Crippen LogP contribution in [0.2, 0.25) is 0 Å². The summed E-state index contributed by atoms with van der Waals surface area (Å²) in [4.78, 5) is 14.3. The highest BCUT2D eigenvalue weighted by molar-refractivity contribution is 5.92. The zero-order valence-corrected chi connectivity index (χ0v) is 8.81. The number of carboxylic acids is 1. The summed E-state index contributed by atoms with van der Waals surface area (Å²) >= 11 is 0. The molecule has 0 atom stereocenters. The van der Waals surface area contributed by atoms with Crippen LogP contribution >= 0.6 is 0 Å². The molecule has 0 spiro atoms. The molecule has 5 nitrogen and oxygen atoms in total. The van der Waals surface area contributed by atoms with Crippen LogP contribution in [0.5, 0.6) is 5.75 Å². The van der Waals surface area contributed by atoms with Crippen LogP contribution in [0.4, 0.5) is 4.39 Å². The molecule has 0 saturated carbocycles. The molecule has 0 aliphatic heterocycles. The molecule has 1 aromatic carbocycles. The van der Waals surface area contributed by atoms with E-state index < -0.39 is 11.8 Å². The second-order valence-corrected chi connectivity index (χ2v) is 3.18. The first-order valence-electron chi connectivity index (χ1n) is 4.64. The smallest absolute Gasteiger partial charge is 0.358 e. The van der Waals surface area contributed by atoms with Crippen molar-refractivity contribution >= 4 is 5.97 Å². The van der Waals surface area contributed by atoms with Gasteiger partial charge in [-0.3, -0.25) is 0 Å². The average molecular weight is 237 g/mol. The number of hydrogen-bond donors (Lipinski definition) is 1. The molecule has 2 rings (SSSR count). The van der Waals surface area contributed by atoms with Gasteiger partial charge in [0.25, 0.3) is 0 Å². The third-order valence-electron chi connectivity index (χ3n) is 2.19. The number of methoxy groups -OCH3 is 1. The van der Waals surface area contributed by atoms with Crippen molar-refractivity contribution in [3.8, 4) is 17.1 Å². The molecular weight excluding hydrogens is 229 g/mol. The van der Waals surface area contributed by atoms with Gasteiger partial charge >= 0.3 is 5.97 Å². The van der Waals surface area contributed by atoms with E-state index in [1.807, 2.05) is 0 Å². The van der Waals surface area contributed by atoms with Gasteiger partial charge in [0.05, 0.1) is 12.7 Å². The van der Waals surface area contributed by atoms with E-state index in [9.17, 15) is 9.18 Å². The first kappa shape index (κ1) is 11.1. The fraction of sp³-hybridized carbons (Fsp3) is 0.0909. The first-order valence-corrected chi connectivity index (χ1v) is 4.64. The summed E-state index contributed by atoms with van der Waals surface area (Å²) in [5.74, 6) is -1.69. The molecule has 0 radical (unpaired) electrons. The Morgan fingerprint density at radius 1 is 1.53 bits per heavy atom. The van der Waals surface area contributed by atoms with Crippen molar-refractivity contribution in [3.05, 3.63) is 36.1 Å². The largest absolute Gasteiger partial charge is 0.497 e. The van der Waals surface area contributed by atoms with Gasteiger partial charge in [0.1, 0.15) is 11.6 Å². The van der Waals surface area contributed by atoms with E-state index in [4.69, 9.17) is 14.3 Å². The predicted molar refractivity (Wildman–Crippen MR) is 55.4 cm³/mol. The number of nitrogens with zero attached hydrogens (tertiary/aromatic N) is 1. The van der Waals surface area contributed by atoms with Crippen molar-refractivity contribution in [3.63, 3.8) is 0 Å². The van der Waals surface area contributed by atoms with Crippen molar-refractivity contribution < 1.29 is 23.4 Å². The number of hydrogen-bond acceptors (Lipinski definition) is 4. The van der Waals surface area contributed by atoms with Crippen molar-refractivity contribution in [2.75, 3.05) is 7.11 Å². The van der Waals surface area contributed by atoms with Crippen molar-refractivity contribution in [1.82, 2.24) is 4.98 Å². The lowest BCUT2D eigenvalue weighted by molar-refractivity contribution is 0.0691. The van der Waals surface area contributed by atoms with E-state index in [0.29, 0.717) is 5.75 Å². The van der Waals surface area contributed by atoms with Gasteiger partial charge in [-0.2, -0.15) is 0 Å². The Labute approximate surface area is 95.5 Å². The Morgan fingerprint density at radius 3 is 2.88 bits per heavy atom. The number of carboxylic acid groups (broad SMARTS) is 1. The maximum atomic E-state index is 13.7. The lowest BCUT2D eigenvalue weighted by atomic mass is 10.1. The van der Waals surface area contributed by atoms with E-state index in [0.717, 1.165) is 12.5 Å². The molecule has 1 heterocycles. The minimum absolute atomic E-state index is 0.0284. The monoisotopic (exact) mass is 237 g/mol. The number of oxazole rings is 1. The van der Waals surface area contributed by atoms with E-state index >= 15 is 0 Å². The maximum Gasteiger partial charge on any atom is 0.358 e. The molecule has 0 unspecified atom stereocenters. The SMILES string of the molecule is COc1ccc(-c2ocnc2C(=O)O)c(F)c1. The van der Waals surface area contributed by atoms with E-state index in [-0.39, 0.29) is 17.0 Å². The second kappa shape index (κ2) is 4.25. The molecule has 1 N–H and O–H groups in total. The van der Waals surface area contributed by atoms with Gasteiger partial charge in [0.15, 0.2) is 17.8 Å². The Morgan fingerprint density at radius 2 is 2.29 bits per heavy atom. The van der Waals surface area contributed by atoms with Gasteiger partial charge < -0.3 is 14.3 Å². The molecule has 0 fully saturated rings. The molecule has 0 aliphatic rings. The molecule has 0 aliphatic carbocycles. The fourth-order valence-electron chi connectivity index (χ4n) is 1.40. The van der Waals surface area contributed by atoms with Crippen LogP contribution in [0.25, 0.3) is 11.3 Å². The van der Waals surface area contributed by atoms with Crippen LogP contribution in [0.1, 0.15) is 10.5 Å². The highest BCUT2D eigenvalue weighted by atomic mass is 19.1. The quantitative estimate of drug-likeness (QED) is 0.885. The van der Waals surface area contributed by atoms with E-state index in [2.05, 4.69) is 4.98 Å². The summed E-state index contributed by atoms with van der Waals surface area (Å²) in [6.45, 7) is 0. The third-order valence-corrected chi connectivity index (χ3v) is 2.19. The maximum absolute atomic E-state index is 13.7. The molecule has 0 saturated heterocycles. The number of ether oxygens (including phenoxy) is 1. The van der Waals surface area contributed by atoms with E-state index in [1.165, 1.54) is 19.2 Å². The number of benzene rings is 1. The summed E-state index contributed by atoms with van der Waals surface area (Å²) in [5.41, 5.74) is -0.297. The first-order chi connectivity index (χ1) is 8.13. The van der Waals surface area contributed by atoms with Gasteiger partial charge in [-0.05, 0) is 12.1 Å². The lowest BCUT2D eigenvalue weighted by Crippen LogP contribution is -1.99. The number of aromatic nitrogens is 1. The number of rotatable bonds is 3. The molecule has 0 bridgehead atoms. The third kappa shape index (κ3) is 1.96. The summed E-state index contributed by atoms with van der Waals surface area (Å²) in [6.07, 6.45) is 0.961. The fourth-order valence-corrected chi connectivity index (χ4v) is 1.40. The van der Waals surface area contributed by atoms with Crippen LogP contribution in [-0.4, -0.2) is 23.2 Å². The molecule has 6 heteroatoms. The molecule has 0 amide bonds. The van der Waals surface area contributed by atoms with Crippen LogP contribution in [0.15, 0.2) is 29.0 Å². The minimum atomic E-state index is -1.27. The summed E-state index contributed by atoms with van der Waals surface area (Å²) in [7, 11) is 1.41. The standard InChI is InChI=1S/C11H8FNO4/c1-16-6-2-3-7(8(12)4-6)10-9(11(14)15)13-5-17-10/h2-5H,1H3,(H,14,15). The average Bonchev–Trinajstić information content (AvgIpc) is 2.77. The Hall–Kier alpha value is -2.37. The predicted octanol–water partition coefficient (Wildman–Crippen LogP) is 2.19. The van der Waals surface area contributed by atoms with E-state index in [1.54, 1.807) is 0 Å². The van der Waals surface area contributed by atoms with Gasteiger partial charge in [-0.25, -0.2) is 14.2 Å². The lowest BCUT2D eigenvalue weighted by Gasteiger charge is -2.03. The molecule has 2 aromatic rings. The van der Waals surface area contributed by atoms with Gasteiger partial charge in [-0.1, -0.05) is 0 Å². The van der Waals surface area contributed by atoms with Crippen LogP contribution in [0, 0.1) is 5.82 Å². The Balaban J connectivity index is 2.53. The van der Waals surface area contributed by atoms with Gasteiger partial charge in [-0.15, -0.1) is 0 Å². The van der Waals surface area contributed by atoms with Crippen LogP contribution < -0.4 is 4.74 Å². The number of aromatic carboxylic acids is 1.